The van der Waals surface area contributed by atoms with Crippen LogP contribution in [-0.4, -0.2) is 43.5 Å². The lowest BCUT2D eigenvalue weighted by Gasteiger charge is -2.32. The van der Waals surface area contributed by atoms with E-state index in [0.29, 0.717) is 24.2 Å². The monoisotopic (exact) mass is 329 g/mol. The van der Waals surface area contributed by atoms with Crippen molar-refractivity contribution in [2.45, 2.75) is 45.7 Å². The van der Waals surface area contributed by atoms with Crippen LogP contribution >= 0.6 is 0 Å². The number of piperidine rings is 1. The Morgan fingerprint density at radius 2 is 2.00 bits per heavy atom. The average molecular weight is 329 g/mol. The number of nitrogens with zero attached hydrogens (tertiary/aromatic N) is 2. The summed E-state index contributed by atoms with van der Waals surface area (Å²) in [4.78, 5) is 17.4. The topological polar surface area (TPSA) is 35.6 Å². The third-order valence-corrected chi connectivity index (χ3v) is 5.82. The molecule has 1 saturated heterocycles. The zero-order valence-electron chi connectivity index (χ0n) is 15.3. The number of hydrogen-bond donors (Lipinski definition) is 1. The van der Waals surface area contributed by atoms with Crippen LogP contribution in [0, 0.1) is 11.8 Å². The van der Waals surface area contributed by atoms with Gasteiger partial charge in [-0.25, -0.2) is 0 Å². The molecule has 0 saturated carbocycles. The Hall–Kier alpha value is -1.55. The van der Waals surface area contributed by atoms with Crippen LogP contribution in [0.1, 0.15) is 38.7 Å². The van der Waals surface area contributed by atoms with E-state index >= 15 is 0 Å². The third kappa shape index (κ3) is 3.75. The SMILES string of the molecule is CC(CC(=O)N1Cc2ccccc2N(C)CC1C)C1CCNCC1. The Bertz CT molecular complexity index is 568. The fourth-order valence-electron chi connectivity index (χ4n) is 4.26. The average Bonchev–Trinajstić information content (AvgIpc) is 2.72. The van der Waals surface area contributed by atoms with Crippen LogP contribution in [0.25, 0.3) is 0 Å². The highest BCUT2D eigenvalue weighted by Crippen LogP contribution is 2.29. The lowest BCUT2D eigenvalue weighted by Crippen LogP contribution is -2.43. The van der Waals surface area contributed by atoms with E-state index in [9.17, 15) is 4.79 Å². The summed E-state index contributed by atoms with van der Waals surface area (Å²) in [6, 6.07) is 8.71. The molecule has 0 aliphatic carbocycles. The van der Waals surface area contributed by atoms with E-state index < -0.39 is 0 Å². The van der Waals surface area contributed by atoms with E-state index in [1.807, 2.05) is 0 Å². The Morgan fingerprint density at radius 1 is 1.29 bits per heavy atom. The van der Waals surface area contributed by atoms with Gasteiger partial charge < -0.3 is 15.1 Å². The lowest BCUT2D eigenvalue weighted by atomic mass is 9.84. The normalized spacial score (nSPS) is 23.5. The Balaban J connectivity index is 1.69. The first-order valence-electron chi connectivity index (χ1n) is 9.35. The van der Waals surface area contributed by atoms with Crippen molar-refractivity contribution >= 4 is 11.6 Å². The molecule has 3 rings (SSSR count). The molecule has 2 unspecified atom stereocenters. The third-order valence-electron chi connectivity index (χ3n) is 5.82. The van der Waals surface area contributed by atoms with Crippen LogP contribution < -0.4 is 10.2 Å². The zero-order chi connectivity index (χ0) is 17.1. The van der Waals surface area contributed by atoms with Gasteiger partial charge in [-0.1, -0.05) is 25.1 Å². The first kappa shape index (κ1) is 17.3. The van der Waals surface area contributed by atoms with Crippen molar-refractivity contribution in [3.63, 3.8) is 0 Å². The van der Waals surface area contributed by atoms with Crippen LogP contribution in [0.15, 0.2) is 24.3 Å². The number of nitrogens with one attached hydrogen (secondary N) is 1. The smallest absolute Gasteiger partial charge is 0.223 e. The minimum atomic E-state index is 0.245. The zero-order valence-corrected chi connectivity index (χ0v) is 15.3. The predicted octanol–water partition coefficient (Wildman–Crippen LogP) is 2.88. The number of likely N-dealkylation sites (N-methyl/N-ethyl adjacent to an activating group) is 1. The van der Waals surface area contributed by atoms with Crippen molar-refractivity contribution in [1.29, 1.82) is 0 Å². The van der Waals surface area contributed by atoms with Gasteiger partial charge in [0.15, 0.2) is 0 Å². The standard InChI is InChI=1S/C20H31N3O/c1-15(17-8-10-21-11-9-17)12-20(24)23-14-18-6-4-5-7-19(18)22(3)13-16(23)2/h4-7,15-17,21H,8-14H2,1-3H3. The molecule has 0 aromatic heterocycles. The van der Waals surface area contributed by atoms with Gasteiger partial charge in [0.05, 0.1) is 0 Å². The van der Waals surface area contributed by atoms with Crippen LogP contribution in [0.3, 0.4) is 0 Å². The van der Waals surface area contributed by atoms with Crippen molar-refractivity contribution in [1.82, 2.24) is 10.2 Å². The number of para-hydroxylation sites is 1. The lowest BCUT2D eigenvalue weighted by molar-refractivity contribution is -0.135. The Labute approximate surface area is 146 Å². The van der Waals surface area contributed by atoms with E-state index in [1.54, 1.807) is 0 Å². The molecular weight excluding hydrogens is 298 g/mol. The van der Waals surface area contributed by atoms with Gasteiger partial charge in [0, 0.05) is 38.3 Å². The highest BCUT2D eigenvalue weighted by molar-refractivity contribution is 5.77. The molecule has 1 N–H and O–H groups in total. The summed E-state index contributed by atoms with van der Waals surface area (Å²) in [7, 11) is 2.13. The summed E-state index contributed by atoms with van der Waals surface area (Å²) >= 11 is 0. The number of carbonyl (C=O) groups excluding carboxylic acids is 1. The fraction of sp³-hybridized carbons (Fsp3) is 0.650. The molecule has 0 radical (unpaired) electrons. The maximum atomic E-state index is 13.0. The first-order valence-corrected chi connectivity index (χ1v) is 9.35. The Kier molecular flexibility index (Phi) is 5.44. The maximum Gasteiger partial charge on any atom is 0.223 e. The molecule has 2 aliphatic rings. The van der Waals surface area contributed by atoms with E-state index in [1.165, 1.54) is 24.1 Å². The van der Waals surface area contributed by atoms with Crippen molar-refractivity contribution < 1.29 is 4.79 Å². The fourth-order valence-corrected chi connectivity index (χ4v) is 4.26. The van der Waals surface area contributed by atoms with Gasteiger partial charge in [0.25, 0.3) is 0 Å². The van der Waals surface area contributed by atoms with Gasteiger partial charge in [-0.3, -0.25) is 4.79 Å². The molecule has 2 aliphatic heterocycles. The van der Waals surface area contributed by atoms with Crippen LogP contribution in [0.4, 0.5) is 5.69 Å². The molecule has 4 heteroatoms. The van der Waals surface area contributed by atoms with Crippen molar-refractivity contribution in [3.8, 4) is 0 Å². The summed E-state index contributed by atoms with van der Waals surface area (Å²) in [5.41, 5.74) is 2.51. The summed E-state index contributed by atoms with van der Waals surface area (Å²) in [6.45, 7) is 8.26. The van der Waals surface area contributed by atoms with Crippen LogP contribution in [-0.2, 0) is 11.3 Å². The minimum absolute atomic E-state index is 0.245. The summed E-state index contributed by atoms with van der Waals surface area (Å²) in [6.07, 6.45) is 3.09. The van der Waals surface area contributed by atoms with Gasteiger partial charge in [-0.2, -0.15) is 0 Å². The van der Waals surface area contributed by atoms with Gasteiger partial charge in [0.1, 0.15) is 0 Å². The summed E-state index contributed by atoms with van der Waals surface area (Å²) in [5, 5.41) is 3.42. The van der Waals surface area contributed by atoms with Gasteiger partial charge >= 0.3 is 0 Å². The summed E-state index contributed by atoms with van der Waals surface area (Å²) in [5.74, 6) is 1.48. The number of carbonyl (C=O) groups is 1. The van der Waals surface area contributed by atoms with Crippen LogP contribution in [0.2, 0.25) is 0 Å². The molecule has 0 bridgehead atoms. The number of fused-ring (bicyclic) bond motifs is 1. The molecular formula is C20H31N3O. The van der Waals surface area contributed by atoms with Crippen molar-refractivity contribution in [2.24, 2.45) is 11.8 Å². The van der Waals surface area contributed by atoms with Crippen molar-refractivity contribution in [3.05, 3.63) is 29.8 Å². The van der Waals surface area contributed by atoms with Crippen LogP contribution in [0.5, 0.6) is 0 Å². The van der Waals surface area contributed by atoms with Gasteiger partial charge in [-0.15, -0.1) is 0 Å². The highest BCUT2D eigenvalue weighted by Gasteiger charge is 2.29. The molecule has 132 valence electrons. The van der Waals surface area contributed by atoms with E-state index in [2.05, 4.69) is 60.3 Å². The highest BCUT2D eigenvalue weighted by atomic mass is 16.2. The number of rotatable bonds is 3. The quantitative estimate of drug-likeness (QED) is 0.926. The van der Waals surface area contributed by atoms with E-state index in [-0.39, 0.29) is 6.04 Å². The number of benzene rings is 1. The molecule has 4 nitrogen and oxygen atoms in total. The first-order chi connectivity index (χ1) is 11.6. The minimum Gasteiger partial charge on any atom is -0.372 e. The Morgan fingerprint density at radius 3 is 2.75 bits per heavy atom. The van der Waals surface area contributed by atoms with E-state index in [0.717, 1.165) is 26.2 Å². The molecule has 2 heterocycles. The second kappa shape index (κ2) is 7.56. The number of anilines is 1. The number of amides is 1. The molecule has 1 aromatic rings. The van der Waals surface area contributed by atoms with E-state index in [4.69, 9.17) is 0 Å². The molecule has 0 spiro atoms. The second-order valence-corrected chi connectivity index (χ2v) is 7.65. The molecule has 2 atom stereocenters. The largest absolute Gasteiger partial charge is 0.372 e. The molecule has 1 fully saturated rings. The molecule has 1 aromatic carbocycles. The predicted molar refractivity (Wildman–Crippen MR) is 99.1 cm³/mol. The molecule has 24 heavy (non-hydrogen) atoms. The number of hydrogen-bond acceptors (Lipinski definition) is 3. The summed E-state index contributed by atoms with van der Waals surface area (Å²) < 4.78 is 0. The molecule has 1 amide bonds. The maximum absolute atomic E-state index is 13.0. The van der Waals surface area contributed by atoms with Gasteiger partial charge in [-0.05, 0) is 56.3 Å². The second-order valence-electron chi connectivity index (χ2n) is 7.65. The van der Waals surface area contributed by atoms with Crippen molar-refractivity contribution in [2.75, 3.05) is 31.6 Å². The van der Waals surface area contributed by atoms with Gasteiger partial charge in [0.2, 0.25) is 5.91 Å².